The number of benzene rings is 1. The number of hydrogen-bond donors (Lipinski definition) is 1. The lowest BCUT2D eigenvalue weighted by Crippen LogP contribution is -2.48. The van der Waals surface area contributed by atoms with Crippen LogP contribution in [0, 0.1) is 0 Å². The summed E-state index contributed by atoms with van der Waals surface area (Å²) in [6.07, 6.45) is 0. The number of H-pyrrole nitrogens is 1. The van der Waals surface area contributed by atoms with Crippen molar-refractivity contribution in [2.24, 2.45) is 0 Å². The van der Waals surface area contributed by atoms with Crippen LogP contribution in [-0.4, -0.2) is 39.0 Å². The number of hydrogen-bond acceptors (Lipinski definition) is 5. The van der Waals surface area contributed by atoms with E-state index in [2.05, 4.69) is 15.1 Å². The predicted molar refractivity (Wildman–Crippen MR) is 94.6 cm³/mol. The van der Waals surface area contributed by atoms with Crippen molar-refractivity contribution in [3.63, 3.8) is 0 Å². The Morgan fingerprint density at radius 3 is 2.96 bits per heavy atom. The summed E-state index contributed by atoms with van der Waals surface area (Å²) in [5, 5.41) is 9.04. The number of likely N-dealkylation sites (tertiary alicyclic amines) is 1. The maximum atomic E-state index is 12.6. The zero-order valence-electron chi connectivity index (χ0n) is 13.2. The molecule has 6 nitrogen and oxygen atoms in total. The van der Waals surface area contributed by atoms with Crippen LogP contribution >= 0.6 is 11.3 Å². The first-order valence-electron chi connectivity index (χ1n) is 8.01. The summed E-state index contributed by atoms with van der Waals surface area (Å²) in [4.78, 5) is 22.0. The molecule has 3 aromatic heterocycles. The van der Waals surface area contributed by atoms with Gasteiger partial charge in [0, 0.05) is 34.9 Å². The molecule has 0 saturated carbocycles. The van der Waals surface area contributed by atoms with Crippen molar-refractivity contribution >= 4 is 28.1 Å². The molecule has 4 aromatic rings. The Morgan fingerprint density at radius 2 is 2.16 bits per heavy atom. The van der Waals surface area contributed by atoms with Crippen LogP contribution in [0.5, 0.6) is 0 Å². The summed E-state index contributed by atoms with van der Waals surface area (Å²) in [5.41, 5.74) is 2.55. The van der Waals surface area contributed by atoms with E-state index >= 15 is 0 Å². The monoisotopic (exact) mass is 350 g/mol. The molecule has 5 rings (SSSR count). The summed E-state index contributed by atoms with van der Waals surface area (Å²) in [5.74, 6) is 1.32. The van der Waals surface area contributed by atoms with Crippen molar-refractivity contribution in [2.45, 2.75) is 5.92 Å². The second-order valence-corrected chi connectivity index (χ2v) is 6.93. The molecule has 0 atom stereocenters. The van der Waals surface area contributed by atoms with Gasteiger partial charge in [-0.05, 0) is 23.6 Å². The van der Waals surface area contributed by atoms with Gasteiger partial charge >= 0.3 is 0 Å². The molecule has 0 spiro atoms. The van der Waals surface area contributed by atoms with Crippen LogP contribution in [0.1, 0.15) is 22.3 Å². The molecule has 1 aliphatic rings. The summed E-state index contributed by atoms with van der Waals surface area (Å²) in [6.45, 7) is 1.19. The number of carbonyl (C=O) groups excluding carboxylic acids is 1. The van der Waals surface area contributed by atoms with Gasteiger partial charge in [-0.2, -0.15) is 16.3 Å². The van der Waals surface area contributed by atoms with Crippen molar-refractivity contribution in [2.75, 3.05) is 13.1 Å². The quantitative estimate of drug-likeness (QED) is 0.613. The second-order valence-electron chi connectivity index (χ2n) is 6.15. The average molecular weight is 350 g/mol. The fourth-order valence-corrected chi connectivity index (χ4v) is 3.70. The first-order valence-corrected chi connectivity index (χ1v) is 8.95. The van der Waals surface area contributed by atoms with Gasteiger partial charge in [-0.1, -0.05) is 23.4 Å². The number of rotatable bonds is 3. The molecule has 1 saturated heterocycles. The first kappa shape index (κ1) is 14.4. The maximum Gasteiger partial charge on any atom is 0.270 e. The minimum Gasteiger partial charge on any atom is -0.351 e. The zero-order valence-corrected chi connectivity index (χ0v) is 14.0. The van der Waals surface area contributed by atoms with E-state index in [0.29, 0.717) is 30.5 Å². The highest BCUT2D eigenvalue weighted by Gasteiger charge is 2.36. The summed E-state index contributed by atoms with van der Waals surface area (Å²) >= 11 is 1.60. The zero-order chi connectivity index (χ0) is 16.8. The lowest BCUT2D eigenvalue weighted by molar-refractivity contribution is 0.0564. The molecule has 1 aromatic carbocycles. The van der Waals surface area contributed by atoms with Gasteiger partial charge in [0.05, 0.1) is 5.92 Å². The molecular formula is C18H14N4O2S. The number of carbonyl (C=O) groups is 1. The lowest BCUT2D eigenvalue weighted by atomic mass is 9.99. The number of thiophene rings is 1. The molecule has 0 unspecified atom stereocenters. The Balaban J connectivity index is 1.29. The molecule has 1 aliphatic heterocycles. The highest BCUT2D eigenvalue weighted by molar-refractivity contribution is 7.08. The Morgan fingerprint density at radius 1 is 1.28 bits per heavy atom. The molecule has 1 amide bonds. The summed E-state index contributed by atoms with van der Waals surface area (Å²) < 4.78 is 5.37. The highest BCUT2D eigenvalue weighted by Crippen LogP contribution is 2.29. The molecule has 7 heteroatoms. The largest absolute Gasteiger partial charge is 0.351 e. The summed E-state index contributed by atoms with van der Waals surface area (Å²) in [6, 6.07) is 11.7. The fourth-order valence-electron chi connectivity index (χ4n) is 3.07. The lowest BCUT2D eigenvalue weighted by Gasteiger charge is -2.36. The third-order valence-electron chi connectivity index (χ3n) is 4.50. The Bertz CT molecular complexity index is 1010. The van der Waals surface area contributed by atoms with Gasteiger partial charge in [0.1, 0.15) is 5.69 Å². The minimum absolute atomic E-state index is 0.00465. The topological polar surface area (TPSA) is 75.0 Å². The number of para-hydroxylation sites is 1. The number of fused-ring (bicyclic) bond motifs is 1. The van der Waals surface area contributed by atoms with Crippen LogP contribution in [0.15, 0.2) is 51.7 Å². The van der Waals surface area contributed by atoms with Gasteiger partial charge in [0.25, 0.3) is 5.91 Å². The van der Waals surface area contributed by atoms with Crippen molar-refractivity contribution in [3.8, 4) is 11.4 Å². The molecule has 1 fully saturated rings. The van der Waals surface area contributed by atoms with Gasteiger partial charge in [0.2, 0.25) is 11.7 Å². The van der Waals surface area contributed by atoms with Gasteiger partial charge in [-0.15, -0.1) is 0 Å². The molecule has 1 N–H and O–H groups in total. The standard InChI is InChI=1S/C18H14N4O2S/c23-18(15-7-11-3-1-2-4-14(11)19-15)22-8-13(9-22)17-20-16(21-24-17)12-5-6-25-10-12/h1-7,10,13,19H,8-9H2. The molecule has 0 bridgehead atoms. The van der Waals surface area contributed by atoms with Crippen molar-refractivity contribution in [1.29, 1.82) is 0 Å². The first-order chi connectivity index (χ1) is 12.3. The molecule has 124 valence electrons. The van der Waals surface area contributed by atoms with E-state index in [1.165, 1.54) is 0 Å². The normalized spacial score (nSPS) is 14.8. The van der Waals surface area contributed by atoms with E-state index in [1.54, 1.807) is 16.2 Å². The number of aromatic amines is 1. The van der Waals surface area contributed by atoms with Crippen LogP contribution in [0.3, 0.4) is 0 Å². The smallest absolute Gasteiger partial charge is 0.270 e. The third-order valence-corrected chi connectivity index (χ3v) is 5.18. The Hall–Kier alpha value is -2.93. The molecule has 25 heavy (non-hydrogen) atoms. The highest BCUT2D eigenvalue weighted by atomic mass is 32.1. The predicted octanol–water partition coefficient (Wildman–Crippen LogP) is 3.52. The Kier molecular flexibility index (Phi) is 3.21. The van der Waals surface area contributed by atoms with Crippen LogP contribution in [0.2, 0.25) is 0 Å². The Labute approximate surface area is 147 Å². The van der Waals surface area contributed by atoms with Crippen molar-refractivity contribution in [3.05, 3.63) is 58.7 Å². The van der Waals surface area contributed by atoms with Crippen LogP contribution in [0.25, 0.3) is 22.3 Å². The second kappa shape index (κ2) is 5.56. The molecule has 0 radical (unpaired) electrons. The van der Waals surface area contributed by atoms with E-state index in [-0.39, 0.29) is 11.8 Å². The van der Waals surface area contributed by atoms with E-state index < -0.39 is 0 Å². The number of amides is 1. The number of nitrogens with zero attached hydrogens (tertiary/aromatic N) is 3. The van der Waals surface area contributed by atoms with E-state index in [9.17, 15) is 4.79 Å². The van der Waals surface area contributed by atoms with Crippen LogP contribution in [-0.2, 0) is 0 Å². The van der Waals surface area contributed by atoms with Gasteiger partial charge in [-0.3, -0.25) is 4.79 Å². The number of nitrogens with one attached hydrogen (secondary N) is 1. The van der Waals surface area contributed by atoms with Gasteiger partial charge in [0.15, 0.2) is 0 Å². The van der Waals surface area contributed by atoms with E-state index in [0.717, 1.165) is 16.5 Å². The third kappa shape index (κ3) is 2.44. The van der Waals surface area contributed by atoms with E-state index in [1.807, 2.05) is 47.2 Å². The maximum absolute atomic E-state index is 12.6. The average Bonchev–Trinajstić information content (AvgIpc) is 3.32. The minimum atomic E-state index is 0.00465. The molecule has 4 heterocycles. The van der Waals surface area contributed by atoms with Crippen LogP contribution in [0.4, 0.5) is 0 Å². The van der Waals surface area contributed by atoms with E-state index in [4.69, 9.17) is 4.52 Å². The van der Waals surface area contributed by atoms with Crippen molar-refractivity contribution in [1.82, 2.24) is 20.0 Å². The molecular weight excluding hydrogens is 336 g/mol. The fraction of sp³-hybridized carbons (Fsp3) is 0.167. The SMILES string of the molecule is O=C(c1cc2ccccc2[nH]1)N1CC(c2nc(-c3ccsc3)no2)C1. The number of aromatic nitrogens is 3. The molecule has 0 aliphatic carbocycles. The van der Waals surface area contributed by atoms with Crippen molar-refractivity contribution < 1.29 is 9.32 Å². The van der Waals surface area contributed by atoms with Gasteiger partial charge < -0.3 is 14.4 Å². The summed E-state index contributed by atoms with van der Waals surface area (Å²) in [7, 11) is 0. The van der Waals surface area contributed by atoms with Gasteiger partial charge in [-0.25, -0.2) is 0 Å². The van der Waals surface area contributed by atoms with Crippen LogP contribution < -0.4 is 0 Å².